The van der Waals surface area contributed by atoms with Crippen LogP contribution >= 0.6 is 23.1 Å². The molecule has 1 aromatic carbocycles. The number of thioether (sulfide) groups is 1. The lowest BCUT2D eigenvalue weighted by Gasteiger charge is -2.05. The first-order valence-corrected chi connectivity index (χ1v) is 9.69. The molecule has 26 heavy (non-hydrogen) atoms. The maximum Gasteiger partial charge on any atom is 0.236 e. The second-order valence-corrected chi connectivity index (χ2v) is 7.29. The Kier molecular flexibility index (Phi) is 5.84. The second kappa shape index (κ2) is 8.28. The van der Waals surface area contributed by atoms with E-state index >= 15 is 0 Å². The van der Waals surface area contributed by atoms with E-state index < -0.39 is 0 Å². The van der Waals surface area contributed by atoms with Gasteiger partial charge in [-0.25, -0.2) is 0 Å². The van der Waals surface area contributed by atoms with Crippen LogP contribution in [0, 0.1) is 0 Å². The minimum atomic E-state index is -0.153. The fraction of sp³-hybridized carbons (Fsp3) is 0.312. The third-order valence-electron chi connectivity index (χ3n) is 3.51. The molecule has 0 fully saturated rings. The van der Waals surface area contributed by atoms with Gasteiger partial charge < -0.3 is 9.30 Å². The molecule has 0 atom stereocenters. The summed E-state index contributed by atoms with van der Waals surface area (Å²) in [5, 5.41) is 21.1. The summed E-state index contributed by atoms with van der Waals surface area (Å²) in [6, 6.07) is 7.60. The zero-order chi connectivity index (χ0) is 18.5. The van der Waals surface area contributed by atoms with Crippen molar-refractivity contribution in [2.75, 3.05) is 18.2 Å². The van der Waals surface area contributed by atoms with Crippen molar-refractivity contribution in [3.8, 4) is 17.1 Å². The minimum Gasteiger partial charge on any atom is -0.497 e. The van der Waals surface area contributed by atoms with Crippen molar-refractivity contribution in [3.63, 3.8) is 0 Å². The van der Waals surface area contributed by atoms with Crippen LogP contribution in [0.15, 0.2) is 29.4 Å². The molecule has 2 aromatic heterocycles. The molecular weight excluding hydrogens is 372 g/mol. The van der Waals surface area contributed by atoms with Crippen molar-refractivity contribution in [1.82, 2.24) is 25.0 Å². The van der Waals surface area contributed by atoms with Gasteiger partial charge in [0, 0.05) is 12.6 Å². The van der Waals surface area contributed by atoms with Gasteiger partial charge >= 0.3 is 0 Å². The number of carbonyl (C=O) groups is 1. The number of hydrogen-bond acceptors (Lipinski definition) is 8. The maximum atomic E-state index is 12.1. The van der Waals surface area contributed by atoms with E-state index in [4.69, 9.17) is 4.74 Å². The summed E-state index contributed by atoms with van der Waals surface area (Å²) >= 11 is 2.70. The smallest absolute Gasteiger partial charge is 0.236 e. The number of carbonyl (C=O) groups excluding carboxylic acids is 1. The van der Waals surface area contributed by atoms with E-state index in [0.29, 0.717) is 16.1 Å². The molecule has 0 saturated carbocycles. The van der Waals surface area contributed by atoms with Gasteiger partial charge in [-0.2, -0.15) is 0 Å². The van der Waals surface area contributed by atoms with Gasteiger partial charge in [-0.05, 0) is 18.6 Å². The van der Waals surface area contributed by atoms with Crippen molar-refractivity contribution in [3.05, 3.63) is 29.3 Å². The number of aromatic nitrogens is 5. The van der Waals surface area contributed by atoms with Crippen LogP contribution < -0.4 is 10.1 Å². The SMILES string of the molecule is CCc1nnc(NC(=O)CSc2nnc(-c3cccc(OC)c3)n2C)s1. The molecule has 0 spiro atoms. The zero-order valence-electron chi connectivity index (χ0n) is 14.6. The van der Waals surface area contributed by atoms with Crippen LogP contribution in [0.4, 0.5) is 5.13 Å². The maximum absolute atomic E-state index is 12.1. The predicted octanol–water partition coefficient (Wildman–Crippen LogP) is 2.64. The molecule has 3 rings (SSSR count). The summed E-state index contributed by atoms with van der Waals surface area (Å²) < 4.78 is 7.10. The summed E-state index contributed by atoms with van der Waals surface area (Å²) in [4.78, 5) is 12.1. The molecule has 0 aliphatic rings. The average molecular weight is 390 g/mol. The van der Waals surface area contributed by atoms with Gasteiger partial charge in [0.2, 0.25) is 11.0 Å². The van der Waals surface area contributed by atoms with Crippen LogP contribution in [-0.4, -0.2) is 43.7 Å². The van der Waals surface area contributed by atoms with Crippen molar-refractivity contribution in [2.45, 2.75) is 18.5 Å². The van der Waals surface area contributed by atoms with E-state index in [0.717, 1.165) is 22.7 Å². The molecule has 0 saturated heterocycles. The fourth-order valence-corrected chi connectivity index (χ4v) is 3.59. The van der Waals surface area contributed by atoms with Gasteiger partial charge in [0.15, 0.2) is 11.0 Å². The summed E-state index contributed by atoms with van der Waals surface area (Å²) in [5.41, 5.74) is 0.900. The number of hydrogen-bond donors (Lipinski definition) is 1. The lowest BCUT2D eigenvalue weighted by Crippen LogP contribution is -2.14. The van der Waals surface area contributed by atoms with E-state index in [1.165, 1.54) is 23.1 Å². The molecular formula is C16H18N6O2S2. The third kappa shape index (κ3) is 4.20. The number of aryl methyl sites for hydroxylation is 1. The first-order valence-electron chi connectivity index (χ1n) is 7.89. The lowest BCUT2D eigenvalue weighted by atomic mass is 10.2. The largest absolute Gasteiger partial charge is 0.497 e. The normalized spacial score (nSPS) is 10.7. The molecule has 10 heteroatoms. The number of benzene rings is 1. The molecule has 0 radical (unpaired) electrons. The summed E-state index contributed by atoms with van der Waals surface area (Å²) in [6.45, 7) is 2.00. The van der Waals surface area contributed by atoms with Crippen LogP contribution in [0.1, 0.15) is 11.9 Å². The highest BCUT2D eigenvalue weighted by molar-refractivity contribution is 7.99. The van der Waals surface area contributed by atoms with E-state index in [2.05, 4.69) is 25.7 Å². The van der Waals surface area contributed by atoms with Crippen LogP contribution in [0.2, 0.25) is 0 Å². The molecule has 0 aliphatic carbocycles. The Bertz CT molecular complexity index is 908. The highest BCUT2D eigenvalue weighted by atomic mass is 32.2. The highest BCUT2D eigenvalue weighted by Crippen LogP contribution is 2.25. The first-order chi connectivity index (χ1) is 12.6. The van der Waals surface area contributed by atoms with Gasteiger partial charge in [0.25, 0.3) is 0 Å². The molecule has 0 aliphatic heterocycles. The van der Waals surface area contributed by atoms with E-state index in [9.17, 15) is 4.79 Å². The van der Waals surface area contributed by atoms with Crippen molar-refractivity contribution in [2.24, 2.45) is 7.05 Å². The number of amides is 1. The predicted molar refractivity (Wildman–Crippen MR) is 102 cm³/mol. The topological polar surface area (TPSA) is 94.8 Å². The molecule has 2 heterocycles. The van der Waals surface area contributed by atoms with Crippen LogP contribution in [0.5, 0.6) is 5.75 Å². The number of nitrogens with one attached hydrogen (secondary N) is 1. The molecule has 1 amide bonds. The standard InChI is InChI=1S/C16H18N6O2S2/c1-4-13-18-20-15(26-13)17-12(23)9-25-16-21-19-14(22(16)2)10-6-5-7-11(8-10)24-3/h5-8H,4,9H2,1-3H3,(H,17,20,23). The summed E-state index contributed by atoms with van der Waals surface area (Å²) in [5.74, 6) is 1.52. The third-order valence-corrected chi connectivity index (χ3v) is 5.51. The van der Waals surface area contributed by atoms with Crippen LogP contribution in [0.25, 0.3) is 11.4 Å². The van der Waals surface area contributed by atoms with Gasteiger partial charge in [0.1, 0.15) is 10.8 Å². The molecule has 136 valence electrons. The molecule has 0 bridgehead atoms. The summed E-state index contributed by atoms with van der Waals surface area (Å²) in [6.07, 6.45) is 0.800. The Morgan fingerprint density at radius 2 is 2.15 bits per heavy atom. The highest BCUT2D eigenvalue weighted by Gasteiger charge is 2.14. The van der Waals surface area contributed by atoms with Crippen LogP contribution in [-0.2, 0) is 18.3 Å². The van der Waals surface area contributed by atoms with Gasteiger partial charge in [0.05, 0.1) is 12.9 Å². The Morgan fingerprint density at radius 3 is 2.88 bits per heavy atom. The lowest BCUT2D eigenvalue weighted by molar-refractivity contribution is -0.113. The fourth-order valence-electron chi connectivity index (χ4n) is 2.19. The van der Waals surface area contributed by atoms with Gasteiger partial charge in [-0.15, -0.1) is 20.4 Å². The second-order valence-electron chi connectivity index (χ2n) is 5.29. The van der Waals surface area contributed by atoms with Crippen LogP contribution in [0.3, 0.4) is 0 Å². The average Bonchev–Trinajstić information content (AvgIpc) is 3.26. The Hall–Kier alpha value is -2.46. The van der Waals surface area contributed by atoms with Crippen molar-refractivity contribution < 1.29 is 9.53 Å². The van der Waals surface area contributed by atoms with Gasteiger partial charge in [-0.3, -0.25) is 10.1 Å². The first kappa shape index (κ1) is 18.3. The number of rotatable bonds is 7. The number of methoxy groups -OCH3 is 1. The van der Waals surface area contributed by atoms with E-state index in [1.54, 1.807) is 7.11 Å². The molecule has 3 aromatic rings. The molecule has 8 nitrogen and oxygen atoms in total. The zero-order valence-corrected chi connectivity index (χ0v) is 16.2. The quantitative estimate of drug-likeness (QED) is 0.620. The van der Waals surface area contributed by atoms with Crippen molar-refractivity contribution >= 4 is 34.1 Å². The number of nitrogens with zero attached hydrogens (tertiary/aromatic N) is 5. The monoisotopic (exact) mass is 390 g/mol. The van der Waals surface area contributed by atoms with Crippen molar-refractivity contribution in [1.29, 1.82) is 0 Å². The van der Waals surface area contributed by atoms with Gasteiger partial charge in [-0.1, -0.05) is 42.2 Å². The molecule has 0 unspecified atom stereocenters. The molecule has 1 N–H and O–H groups in total. The Balaban J connectivity index is 1.63. The van der Waals surface area contributed by atoms with E-state index in [1.807, 2.05) is 42.8 Å². The Labute approximate surface area is 159 Å². The number of ether oxygens (including phenoxy) is 1. The number of anilines is 1. The Morgan fingerprint density at radius 1 is 1.31 bits per heavy atom. The minimum absolute atomic E-state index is 0.153. The van der Waals surface area contributed by atoms with E-state index in [-0.39, 0.29) is 11.7 Å². The summed E-state index contributed by atoms with van der Waals surface area (Å²) in [7, 11) is 3.49.